The molecular weight excluding hydrogens is 523 g/mol. The van der Waals surface area contributed by atoms with Crippen LogP contribution < -0.4 is 4.46 Å². The van der Waals surface area contributed by atoms with E-state index in [1.807, 2.05) is 36.4 Å². The Morgan fingerprint density at radius 2 is 1.78 bits per heavy atom. The van der Waals surface area contributed by atoms with Crippen molar-refractivity contribution in [3.63, 3.8) is 0 Å². The quantitative estimate of drug-likeness (QED) is 0.179. The van der Waals surface area contributed by atoms with E-state index in [0.717, 1.165) is 29.3 Å². The van der Waals surface area contributed by atoms with Crippen LogP contribution in [-0.2, 0) is 35.1 Å². The Morgan fingerprint density at radius 3 is 2.47 bits per heavy atom. The van der Waals surface area contributed by atoms with Gasteiger partial charge in [0, 0.05) is 0 Å². The van der Waals surface area contributed by atoms with E-state index in [9.17, 15) is 9.59 Å². The van der Waals surface area contributed by atoms with Gasteiger partial charge in [0.25, 0.3) is 0 Å². The van der Waals surface area contributed by atoms with Gasteiger partial charge >= 0.3 is 220 Å². The third-order valence-corrected chi connectivity index (χ3v) is 10.4. The maximum atomic E-state index is 13.9. The molecule has 194 valence electrons. The van der Waals surface area contributed by atoms with E-state index in [1.165, 1.54) is 6.92 Å². The molecule has 0 aromatic heterocycles. The monoisotopic (exact) mass is 560 g/mol. The molecule has 0 N–H and O–H groups in total. The molecule has 0 aliphatic heterocycles. The van der Waals surface area contributed by atoms with Crippen LogP contribution in [0.15, 0.2) is 60.7 Å². The summed E-state index contributed by atoms with van der Waals surface area (Å²) in [4.78, 5) is 25.7. The molecule has 2 aliphatic carbocycles. The third kappa shape index (κ3) is 6.64. The second-order valence-corrected chi connectivity index (χ2v) is 13.1. The van der Waals surface area contributed by atoms with Crippen LogP contribution in [0, 0.1) is 11.3 Å². The number of Topliss-reactive ketones (excluding diaryl/α,β-unsaturated/α-hetero) is 1. The predicted octanol–water partition coefficient (Wildman–Crippen LogP) is 4.09. The van der Waals surface area contributed by atoms with Gasteiger partial charge in [0.2, 0.25) is 0 Å². The molecule has 0 spiro atoms. The average molecular weight is 560 g/mol. The van der Waals surface area contributed by atoms with Gasteiger partial charge in [0.15, 0.2) is 0 Å². The van der Waals surface area contributed by atoms with Crippen molar-refractivity contribution in [3.05, 3.63) is 66.2 Å². The number of hydrogen-bond donors (Lipinski definition) is 0. The molecule has 0 radical (unpaired) electrons. The third-order valence-electron chi connectivity index (χ3n) is 7.44. The first-order valence-corrected chi connectivity index (χ1v) is 14.3. The first kappa shape index (κ1) is 27.0. The number of carbonyl (C=O) groups excluding carboxylic acids is 2. The van der Waals surface area contributed by atoms with Crippen molar-refractivity contribution in [2.45, 2.75) is 56.1 Å². The summed E-state index contributed by atoms with van der Waals surface area (Å²) in [5.74, 6) is 0.00736. The number of methoxy groups -OCH3 is 1. The number of esters is 1. The van der Waals surface area contributed by atoms with Crippen molar-refractivity contribution >= 4 is 31.2 Å². The molecule has 0 amide bonds. The van der Waals surface area contributed by atoms with E-state index in [0.29, 0.717) is 26.1 Å². The number of fused-ring (bicyclic) bond motifs is 1. The Hall–Kier alpha value is -2.02. The Morgan fingerprint density at radius 1 is 1.06 bits per heavy atom. The molecule has 4 atom stereocenters. The number of benzene rings is 2. The van der Waals surface area contributed by atoms with E-state index in [2.05, 4.69) is 24.3 Å². The predicted molar refractivity (Wildman–Crippen MR) is 138 cm³/mol. The zero-order valence-electron chi connectivity index (χ0n) is 21.1. The number of carbonyl (C=O) groups is 2. The molecule has 2 fully saturated rings. The van der Waals surface area contributed by atoms with Gasteiger partial charge in [-0.25, -0.2) is 0 Å². The average Bonchev–Trinajstić information content (AvgIpc) is 2.88. The van der Waals surface area contributed by atoms with Crippen molar-refractivity contribution in [1.29, 1.82) is 0 Å². The van der Waals surface area contributed by atoms with Gasteiger partial charge in [0.1, 0.15) is 0 Å². The first-order valence-electron chi connectivity index (χ1n) is 12.6. The molecule has 2 aliphatic rings. The van der Waals surface area contributed by atoms with Gasteiger partial charge in [-0.05, 0) is 0 Å². The van der Waals surface area contributed by atoms with Crippen molar-refractivity contribution in [3.8, 4) is 0 Å². The molecule has 2 saturated carbocycles. The molecule has 2 aromatic carbocycles. The van der Waals surface area contributed by atoms with Crippen molar-refractivity contribution in [1.82, 2.24) is 0 Å². The Balaban J connectivity index is 1.55. The van der Waals surface area contributed by atoms with Crippen LogP contribution in [0.4, 0.5) is 0 Å². The summed E-state index contributed by atoms with van der Waals surface area (Å²) < 4.78 is 23.5. The molecule has 4 rings (SSSR count). The maximum absolute atomic E-state index is 13.9. The molecule has 36 heavy (non-hydrogen) atoms. The number of hydrogen-bond acceptors (Lipinski definition) is 6. The second kappa shape index (κ2) is 12.5. The molecule has 0 unspecified atom stereocenters. The molecule has 6 nitrogen and oxygen atoms in total. The van der Waals surface area contributed by atoms with Crippen LogP contribution in [0.25, 0.3) is 0 Å². The fourth-order valence-corrected chi connectivity index (χ4v) is 8.62. The summed E-state index contributed by atoms with van der Waals surface area (Å²) >= 11 is -0.180. The number of ketones is 1. The van der Waals surface area contributed by atoms with Crippen molar-refractivity contribution in [2.75, 3.05) is 27.1 Å². The number of ether oxygens (including phenoxy) is 4. The van der Waals surface area contributed by atoms with Crippen LogP contribution in [0.5, 0.6) is 0 Å². The van der Waals surface area contributed by atoms with Crippen LogP contribution in [-0.4, -0.2) is 59.9 Å². The summed E-state index contributed by atoms with van der Waals surface area (Å²) in [6.45, 7) is 2.86. The zero-order valence-corrected chi connectivity index (χ0v) is 22.9. The van der Waals surface area contributed by atoms with Gasteiger partial charge in [-0.1, -0.05) is 0 Å². The minimum atomic E-state index is -0.704. The molecule has 2 aromatic rings. The van der Waals surface area contributed by atoms with Gasteiger partial charge in [0.05, 0.1) is 0 Å². The summed E-state index contributed by atoms with van der Waals surface area (Å²) in [6.07, 6.45) is 3.87. The van der Waals surface area contributed by atoms with E-state index in [-0.39, 0.29) is 57.5 Å². The Labute approximate surface area is 220 Å². The molecular formula is C29H36O6Se. The van der Waals surface area contributed by atoms with E-state index < -0.39 is 4.31 Å². The summed E-state index contributed by atoms with van der Waals surface area (Å²) in [5, 5.41) is 0. The molecule has 7 heteroatoms. The summed E-state index contributed by atoms with van der Waals surface area (Å²) in [6, 6.07) is 20.3. The molecule has 0 heterocycles. The van der Waals surface area contributed by atoms with Gasteiger partial charge in [-0.3, -0.25) is 0 Å². The Kier molecular flexibility index (Phi) is 9.37. The zero-order chi connectivity index (χ0) is 25.4. The van der Waals surface area contributed by atoms with Gasteiger partial charge < -0.3 is 0 Å². The SMILES string of the molecule is COCOC[C@]12CC[C@H](OCc3ccccc3)C[C@@H]1CC(=O)[C@@](COC(C)=O)([Se]c1ccccc1)C2. The van der Waals surface area contributed by atoms with Crippen molar-refractivity contribution < 1.29 is 28.5 Å². The minimum absolute atomic E-state index is 0.110. The summed E-state index contributed by atoms with van der Waals surface area (Å²) in [5.41, 5.74) is 0.971. The topological polar surface area (TPSA) is 71.1 Å². The summed E-state index contributed by atoms with van der Waals surface area (Å²) in [7, 11) is 1.62. The van der Waals surface area contributed by atoms with E-state index >= 15 is 0 Å². The van der Waals surface area contributed by atoms with Crippen LogP contribution >= 0.6 is 0 Å². The van der Waals surface area contributed by atoms with Crippen LogP contribution in [0.3, 0.4) is 0 Å². The second-order valence-electron chi connectivity index (χ2n) is 10.0. The van der Waals surface area contributed by atoms with Gasteiger partial charge in [-0.2, -0.15) is 0 Å². The van der Waals surface area contributed by atoms with Crippen molar-refractivity contribution in [2.24, 2.45) is 11.3 Å². The number of rotatable bonds is 11. The normalized spacial score (nSPS) is 27.9. The fourth-order valence-electron chi connectivity index (χ4n) is 5.64. The molecule has 0 bridgehead atoms. The van der Waals surface area contributed by atoms with Crippen LogP contribution in [0.1, 0.15) is 44.6 Å². The van der Waals surface area contributed by atoms with E-state index in [1.54, 1.807) is 7.11 Å². The Bertz CT molecular complexity index is 999. The van der Waals surface area contributed by atoms with Gasteiger partial charge in [-0.15, -0.1) is 0 Å². The van der Waals surface area contributed by atoms with E-state index in [4.69, 9.17) is 18.9 Å². The first-order chi connectivity index (χ1) is 17.4. The standard InChI is InChI=1S/C29H36O6Se/c1-22(30)35-20-29(36-26-11-7-4-8-12-26)18-28(19-33-21-32-2)14-13-25(15-24(28)16-27(29)31)34-17-23-9-5-3-6-10-23/h3-12,24-25H,13-21H2,1-2H3/t24-,25+,28-,29-/m1/s1. The van der Waals surface area contributed by atoms with Crippen LogP contribution in [0.2, 0.25) is 4.31 Å². The molecule has 0 saturated heterocycles. The fraction of sp³-hybridized carbons (Fsp3) is 0.517.